The van der Waals surface area contributed by atoms with Gasteiger partial charge in [0, 0.05) is 25.6 Å². The predicted octanol–water partition coefficient (Wildman–Crippen LogP) is 3.02. The molecular formula is C15H21F3IN3O. The van der Waals surface area contributed by atoms with Crippen molar-refractivity contribution in [2.75, 3.05) is 26.8 Å². The van der Waals surface area contributed by atoms with Crippen LogP contribution in [0.2, 0.25) is 0 Å². The lowest BCUT2D eigenvalue weighted by Gasteiger charge is -2.38. The number of nitrogens with one attached hydrogen (secondary N) is 2. The van der Waals surface area contributed by atoms with Crippen LogP contribution >= 0.6 is 24.0 Å². The van der Waals surface area contributed by atoms with Crippen LogP contribution in [0.15, 0.2) is 29.3 Å². The molecule has 0 amide bonds. The van der Waals surface area contributed by atoms with E-state index in [-0.39, 0.29) is 29.4 Å². The number of halogens is 4. The van der Waals surface area contributed by atoms with Crippen molar-refractivity contribution in [1.29, 1.82) is 0 Å². The summed E-state index contributed by atoms with van der Waals surface area (Å²) in [6.07, 6.45) is -4.30. The summed E-state index contributed by atoms with van der Waals surface area (Å²) in [5, 5.41) is 6.28. The molecule has 0 saturated carbocycles. The van der Waals surface area contributed by atoms with Gasteiger partial charge in [0.1, 0.15) is 0 Å². The molecule has 0 radical (unpaired) electrons. The van der Waals surface area contributed by atoms with Crippen molar-refractivity contribution in [2.45, 2.75) is 19.6 Å². The van der Waals surface area contributed by atoms with E-state index < -0.39 is 11.7 Å². The molecule has 0 spiro atoms. The van der Waals surface area contributed by atoms with E-state index >= 15 is 0 Å². The first-order valence-electron chi connectivity index (χ1n) is 7.01. The number of aliphatic imine (C=N–C) groups is 1. The van der Waals surface area contributed by atoms with Gasteiger partial charge in [-0.2, -0.15) is 13.2 Å². The van der Waals surface area contributed by atoms with Crippen LogP contribution in [0.5, 0.6) is 0 Å². The highest BCUT2D eigenvalue weighted by Crippen LogP contribution is 2.29. The molecule has 0 aliphatic carbocycles. The molecule has 1 saturated heterocycles. The summed E-state index contributed by atoms with van der Waals surface area (Å²) in [6.45, 7) is 4.70. The summed E-state index contributed by atoms with van der Waals surface area (Å²) in [7, 11) is 1.65. The Morgan fingerprint density at radius 2 is 1.83 bits per heavy atom. The van der Waals surface area contributed by atoms with Gasteiger partial charge in [0.25, 0.3) is 0 Å². The third-order valence-corrected chi connectivity index (χ3v) is 3.55. The standard InChI is InChI=1S/C15H20F3N3O.HI/c1-14(9-22-10-14)8-21-13(19-2)20-7-11-3-5-12(6-4-11)15(16,17)18;/h3-6H,7-10H2,1-2H3,(H2,19,20,21);1H. The van der Waals surface area contributed by atoms with Crippen LogP contribution in [0.3, 0.4) is 0 Å². The van der Waals surface area contributed by atoms with Gasteiger partial charge in [-0.25, -0.2) is 0 Å². The molecule has 1 aromatic rings. The van der Waals surface area contributed by atoms with Gasteiger partial charge in [0.15, 0.2) is 5.96 Å². The zero-order valence-corrected chi connectivity index (χ0v) is 15.4. The van der Waals surface area contributed by atoms with Crippen molar-refractivity contribution in [3.05, 3.63) is 35.4 Å². The van der Waals surface area contributed by atoms with Crippen LogP contribution in [0.25, 0.3) is 0 Å². The van der Waals surface area contributed by atoms with Crippen LogP contribution in [0.1, 0.15) is 18.1 Å². The molecule has 4 nitrogen and oxygen atoms in total. The molecule has 1 aliphatic heterocycles. The largest absolute Gasteiger partial charge is 0.416 e. The lowest BCUT2D eigenvalue weighted by Crippen LogP contribution is -2.50. The van der Waals surface area contributed by atoms with Crippen molar-refractivity contribution in [3.8, 4) is 0 Å². The second-order valence-corrected chi connectivity index (χ2v) is 5.78. The number of guanidine groups is 1. The van der Waals surface area contributed by atoms with Crippen molar-refractivity contribution < 1.29 is 17.9 Å². The summed E-state index contributed by atoms with van der Waals surface area (Å²) < 4.78 is 42.6. The van der Waals surface area contributed by atoms with E-state index in [2.05, 4.69) is 22.5 Å². The lowest BCUT2D eigenvalue weighted by atomic mass is 9.89. The molecule has 1 aliphatic rings. The first-order valence-corrected chi connectivity index (χ1v) is 7.01. The minimum absolute atomic E-state index is 0. The molecular weight excluding hydrogens is 422 g/mol. The second kappa shape index (κ2) is 8.18. The zero-order valence-electron chi connectivity index (χ0n) is 13.0. The fourth-order valence-electron chi connectivity index (χ4n) is 2.07. The van der Waals surface area contributed by atoms with Gasteiger partial charge in [-0.1, -0.05) is 19.1 Å². The average Bonchev–Trinajstić information content (AvgIpc) is 2.45. The van der Waals surface area contributed by atoms with Crippen LogP contribution in [0.4, 0.5) is 13.2 Å². The van der Waals surface area contributed by atoms with Crippen LogP contribution in [0, 0.1) is 5.41 Å². The molecule has 2 N–H and O–H groups in total. The molecule has 8 heteroatoms. The molecule has 23 heavy (non-hydrogen) atoms. The van der Waals surface area contributed by atoms with Crippen molar-refractivity contribution in [2.24, 2.45) is 10.4 Å². The van der Waals surface area contributed by atoms with Gasteiger partial charge in [0.05, 0.1) is 18.8 Å². The van der Waals surface area contributed by atoms with Crippen LogP contribution in [-0.2, 0) is 17.5 Å². The van der Waals surface area contributed by atoms with Gasteiger partial charge < -0.3 is 15.4 Å². The van der Waals surface area contributed by atoms with E-state index in [0.29, 0.717) is 12.5 Å². The number of hydrogen-bond donors (Lipinski definition) is 2. The number of rotatable bonds is 4. The minimum atomic E-state index is -4.30. The summed E-state index contributed by atoms with van der Waals surface area (Å²) in [6, 6.07) is 5.09. The smallest absolute Gasteiger partial charge is 0.380 e. The highest BCUT2D eigenvalue weighted by molar-refractivity contribution is 14.0. The van der Waals surface area contributed by atoms with Crippen LogP contribution < -0.4 is 10.6 Å². The van der Waals surface area contributed by atoms with Gasteiger partial charge in [-0.15, -0.1) is 24.0 Å². The third kappa shape index (κ3) is 5.83. The molecule has 2 rings (SSSR count). The highest BCUT2D eigenvalue weighted by atomic mass is 127. The van der Waals surface area contributed by atoms with E-state index in [0.717, 1.165) is 37.5 Å². The van der Waals surface area contributed by atoms with Gasteiger partial charge >= 0.3 is 6.18 Å². The fourth-order valence-corrected chi connectivity index (χ4v) is 2.07. The van der Waals surface area contributed by atoms with Crippen LogP contribution in [-0.4, -0.2) is 32.8 Å². The van der Waals surface area contributed by atoms with Gasteiger partial charge in [0.2, 0.25) is 0 Å². The first-order chi connectivity index (χ1) is 10.3. The van der Waals surface area contributed by atoms with Gasteiger partial charge in [-0.3, -0.25) is 4.99 Å². The van der Waals surface area contributed by atoms with E-state index in [1.54, 1.807) is 7.05 Å². The quantitative estimate of drug-likeness (QED) is 0.428. The minimum Gasteiger partial charge on any atom is -0.380 e. The SMILES string of the molecule is CN=C(NCc1ccc(C(F)(F)F)cc1)NCC1(C)COC1.I. The lowest BCUT2D eigenvalue weighted by molar-refractivity contribution is -0.137. The Labute approximate surface area is 150 Å². The Balaban J connectivity index is 0.00000264. The van der Waals surface area contributed by atoms with E-state index in [9.17, 15) is 13.2 Å². The number of alkyl halides is 3. The molecule has 0 unspecified atom stereocenters. The third-order valence-electron chi connectivity index (χ3n) is 3.55. The Morgan fingerprint density at radius 3 is 2.26 bits per heavy atom. The normalized spacial score (nSPS) is 17.0. The number of ether oxygens (including phenoxy) is 1. The molecule has 1 aromatic carbocycles. The summed E-state index contributed by atoms with van der Waals surface area (Å²) >= 11 is 0. The fraction of sp³-hybridized carbons (Fsp3) is 0.533. The van der Waals surface area contributed by atoms with Crippen molar-refractivity contribution in [3.63, 3.8) is 0 Å². The average molecular weight is 443 g/mol. The zero-order chi connectivity index (χ0) is 16.2. The molecule has 0 bridgehead atoms. The van der Waals surface area contributed by atoms with Crippen molar-refractivity contribution in [1.82, 2.24) is 10.6 Å². The highest BCUT2D eigenvalue weighted by Gasteiger charge is 2.33. The number of nitrogens with zero attached hydrogens (tertiary/aromatic N) is 1. The van der Waals surface area contributed by atoms with Gasteiger partial charge in [-0.05, 0) is 17.7 Å². The maximum atomic E-state index is 12.5. The second-order valence-electron chi connectivity index (χ2n) is 5.78. The maximum Gasteiger partial charge on any atom is 0.416 e. The number of benzene rings is 1. The molecule has 0 aromatic heterocycles. The molecule has 0 atom stereocenters. The monoisotopic (exact) mass is 443 g/mol. The van der Waals surface area contributed by atoms with E-state index in [1.165, 1.54) is 12.1 Å². The van der Waals surface area contributed by atoms with E-state index in [1.807, 2.05) is 0 Å². The number of hydrogen-bond acceptors (Lipinski definition) is 2. The summed E-state index contributed by atoms with van der Waals surface area (Å²) in [4.78, 5) is 4.09. The van der Waals surface area contributed by atoms with E-state index in [4.69, 9.17) is 4.74 Å². The predicted molar refractivity (Wildman–Crippen MR) is 94.0 cm³/mol. The van der Waals surface area contributed by atoms with Crippen molar-refractivity contribution >= 4 is 29.9 Å². The Hall–Kier alpha value is -1.03. The molecule has 1 heterocycles. The Kier molecular flexibility index (Phi) is 7.12. The molecule has 1 fully saturated rings. The Morgan fingerprint density at radius 1 is 1.22 bits per heavy atom. The molecule has 130 valence electrons. The Bertz CT molecular complexity index is 528. The summed E-state index contributed by atoms with van der Waals surface area (Å²) in [5.41, 5.74) is 0.234. The topological polar surface area (TPSA) is 45.7 Å². The summed E-state index contributed by atoms with van der Waals surface area (Å²) in [5.74, 6) is 0.619. The first kappa shape index (κ1) is 20.0. The maximum absolute atomic E-state index is 12.5.